The molecule has 0 aromatic heterocycles. The number of nitrogens with zero attached hydrogens (tertiary/aromatic N) is 2. The Morgan fingerprint density at radius 3 is 2.23 bits per heavy atom. The number of carbonyl (C=O) groups is 2. The summed E-state index contributed by atoms with van der Waals surface area (Å²) in [5, 5.41) is 2.97. The van der Waals surface area contributed by atoms with Gasteiger partial charge in [-0.15, -0.1) is 13.2 Å². The summed E-state index contributed by atoms with van der Waals surface area (Å²) in [5.74, 6) is -0.0388. The van der Waals surface area contributed by atoms with Crippen molar-refractivity contribution in [1.29, 1.82) is 0 Å². The molecule has 0 bridgehead atoms. The third-order valence-corrected chi connectivity index (χ3v) is 5.39. The SMILES string of the molecule is CCC(CC)C(=O)N1CCC(NC(=O)N(C)Cc2ccc(OC(F)(F)F)cc2)CC1. The maximum Gasteiger partial charge on any atom is 0.573 e. The van der Waals surface area contributed by atoms with E-state index >= 15 is 0 Å². The normalized spacial score (nSPS) is 15.2. The van der Waals surface area contributed by atoms with Gasteiger partial charge in [-0.25, -0.2) is 4.79 Å². The molecule has 168 valence electrons. The number of likely N-dealkylation sites (tertiary alicyclic amines) is 1. The Hall–Kier alpha value is -2.45. The van der Waals surface area contributed by atoms with Gasteiger partial charge in [-0.2, -0.15) is 0 Å². The summed E-state index contributed by atoms with van der Waals surface area (Å²) in [6.07, 6.45) is -1.66. The smallest absolute Gasteiger partial charge is 0.406 e. The molecule has 1 N–H and O–H groups in total. The van der Waals surface area contributed by atoms with E-state index in [1.165, 1.54) is 29.2 Å². The molecule has 0 atom stereocenters. The van der Waals surface area contributed by atoms with Gasteiger partial charge in [0.1, 0.15) is 5.75 Å². The van der Waals surface area contributed by atoms with Gasteiger partial charge in [0.25, 0.3) is 0 Å². The number of alkyl halides is 3. The first-order chi connectivity index (χ1) is 14.1. The molecule has 1 aromatic carbocycles. The second-order valence-corrected chi connectivity index (χ2v) is 7.61. The van der Waals surface area contributed by atoms with Crippen LogP contribution in [0.5, 0.6) is 5.75 Å². The minimum absolute atomic E-state index is 0.00624. The number of halogens is 3. The first kappa shape index (κ1) is 23.8. The van der Waals surface area contributed by atoms with Gasteiger partial charge in [0, 0.05) is 38.6 Å². The molecule has 1 saturated heterocycles. The van der Waals surface area contributed by atoms with Crippen LogP contribution >= 0.6 is 0 Å². The highest BCUT2D eigenvalue weighted by molar-refractivity contribution is 5.79. The second-order valence-electron chi connectivity index (χ2n) is 7.61. The van der Waals surface area contributed by atoms with Crippen LogP contribution in [-0.4, -0.2) is 54.3 Å². The average Bonchev–Trinajstić information content (AvgIpc) is 2.69. The number of urea groups is 1. The molecule has 0 radical (unpaired) electrons. The largest absolute Gasteiger partial charge is 0.573 e. The van der Waals surface area contributed by atoms with E-state index in [4.69, 9.17) is 0 Å². The topological polar surface area (TPSA) is 61.9 Å². The van der Waals surface area contributed by atoms with Gasteiger partial charge in [0.05, 0.1) is 0 Å². The molecule has 30 heavy (non-hydrogen) atoms. The van der Waals surface area contributed by atoms with E-state index in [1.54, 1.807) is 7.05 Å². The van der Waals surface area contributed by atoms with Crippen LogP contribution in [0.3, 0.4) is 0 Å². The van der Waals surface area contributed by atoms with Gasteiger partial charge in [-0.05, 0) is 43.4 Å². The van der Waals surface area contributed by atoms with Crippen molar-refractivity contribution in [3.05, 3.63) is 29.8 Å². The molecule has 1 aliphatic rings. The summed E-state index contributed by atoms with van der Waals surface area (Å²) in [7, 11) is 1.63. The summed E-state index contributed by atoms with van der Waals surface area (Å²) in [6, 6.07) is 5.17. The maximum atomic E-state index is 12.5. The minimum Gasteiger partial charge on any atom is -0.406 e. The molecule has 0 saturated carbocycles. The summed E-state index contributed by atoms with van der Waals surface area (Å²) in [6.45, 7) is 5.55. The van der Waals surface area contributed by atoms with Crippen LogP contribution in [0.4, 0.5) is 18.0 Å². The van der Waals surface area contributed by atoms with Crippen LogP contribution in [0.25, 0.3) is 0 Å². The average molecular weight is 429 g/mol. The van der Waals surface area contributed by atoms with Gasteiger partial charge in [-0.1, -0.05) is 26.0 Å². The number of benzene rings is 1. The number of nitrogens with one attached hydrogen (secondary N) is 1. The molecule has 0 spiro atoms. The van der Waals surface area contributed by atoms with Crippen LogP contribution in [0.1, 0.15) is 45.1 Å². The van der Waals surface area contributed by atoms with Crippen molar-refractivity contribution in [3.8, 4) is 5.75 Å². The summed E-state index contributed by atoms with van der Waals surface area (Å²) in [4.78, 5) is 28.3. The van der Waals surface area contributed by atoms with E-state index in [2.05, 4.69) is 10.1 Å². The molecule has 1 heterocycles. The standard InChI is InChI=1S/C21H30F3N3O3/c1-4-16(5-2)19(28)27-12-10-17(11-13-27)25-20(29)26(3)14-15-6-8-18(9-7-15)30-21(22,23)24/h6-9,16-17H,4-5,10-14H2,1-3H3,(H,25,29). The number of amides is 3. The van der Waals surface area contributed by atoms with E-state index in [0.29, 0.717) is 31.5 Å². The maximum absolute atomic E-state index is 12.5. The van der Waals surface area contributed by atoms with Crippen molar-refractivity contribution >= 4 is 11.9 Å². The predicted molar refractivity (Wildman–Crippen MR) is 107 cm³/mol. The molecule has 1 fully saturated rings. The number of piperidine rings is 1. The number of carbonyl (C=O) groups excluding carboxylic acids is 2. The monoisotopic (exact) mass is 429 g/mol. The Bertz CT molecular complexity index is 698. The highest BCUT2D eigenvalue weighted by Crippen LogP contribution is 2.23. The second kappa shape index (κ2) is 10.5. The van der Waals surface area contributed by atoms with Gasteiger partial charge < -0.3 is 19.9 Å². The van der Waals surface area contributed by atoms with Crippen LogP contribution in [0.2, 0.25) is 0 Å². The van der Waals surface area contributed by atoms with Crippen molar-refractivity contribution in [1.82, 2.24) is 15.1 Å². The first-order valence-corrected chi connectivity index (χ1v) is 10.3. The number of ether oxygens (including phenoxy) is 1. The Morgan fingerprint density at radius 1 is 1.17 bits per heavy atom. The van der Waals surface area contributed by atoms with E-state index in [9.17, 15) is 22.8 Å². The lowest BCUT2D eigenvalue weighted by Crippen LogP contribution is -2.50. The Balaban J connectivity index is 1.79. The van der Waals surface area contributed by atoms with Crippen LogP contribution in [0.15, 0.2) is 24.3 Å². The van der Waals surface area contributed by atoms with E-state index in [0.717, 1.165) is 12.8 Å². The van der Waals surface area contributed by atoms with Crippen molar-refractivity contribution in [2.45, 2.75) is 58.5 Å². The molecule has 0 aliphatic carbocycles. The van der Waals surface area contributed by atoms with Gasteiger partial charge in [-0.3, -0.25) is 4.79 Å². The van der Waals surface area contributed by atoms with Crippen LogP contribution in [0, 0.1) is 5.92 Å². The highest BCUT2D eigenvalue weighted by Gasteiger charge is 2.31. The first-order valence-electron chi connectivity index (χ1n) is 10.3. The van der Waals surface area contributed by atoms with Crippen molar-refractivity contribution in [2.24, 2.45) is 5.92 Å². The Morgan fingerprint density at radius 2 is 1.73 bits per heavy atom. The quantitative estimate of drug-likeness (QED) is 0.708. The fourth-order valence-corrected chi connectivity index (χ4v) is 3.57. The molecule has 1 aromatic rings. The highest BCUT2D eigenvalue weighted by atomic mass is 19.4. The molecule has 0 unspecified atom stereocenters. The zero-order valence-corrected chi connectivity index (χ0v) is 17.7. The molecule has 1 aliphatic heterocycles. The van der Waals surface area contributed by atoms with Gasteiger partial charge in [0.15, 0.2) is 0 Å². The summed E-state index contributed by atoms with van der Waals surface area (Å²) in [5.41, 5.74) is 0.688. The fraction of sp³-hybridized carbons (Fsp3) is 0.619. The minimum atomic E-state index is -4.73. The Kier molecular flexibility index (Phi) is 8.37. The van der Waals surface area contributed by atoms with Gasteiger partial charge >= 0.3 is 12.4 Å². The summed E-state index contributed by atoms with van der Waals surface area (Å²) >= 11 is 0. The predicted octanol–water partition coefficient (Wildman–Crippen LogP) is 4.15. The van der Waals surface area contributed by atoms with E-state index in [-0.39, 0.29) is 36.2 Å². The van der Waals surface area contributed by atoms with Gasteiger partial charge in [0.2, 0.25) is 5.91 Å². The summed E-state index contributed by atoms with van der Waals surface area (Å²) < 4.78 is 40.5. The lowest BCUT2D eigenvalue weighted by Gasteiger charge is -2.35. The number of rotatable bonds is 7. The molecule has 3 amide bonds. The van der Waals surface area contributed by atoms with Crippen molar-refractivity contribution in [3.63, 3.8) is 0 Å². The lowest BCUT2D eigenvalue weighted by atomic mass is 9.98. The molecular formula is C21H30F3N3O3. The van der Waals surface area contributed by atoms with Crippen LogP contribution < -0.4 is 10.1 Å². The van der Waals surface area contributed by atoms with E-state index < -0.39 is 6.36 Å². The third kappa shape index (κ3) is 7.11. The lowest BCUT2D eigenvalue weighted by molar-refractivity contribution is -0.274. The fourth-order valence-electron chi connectivity index (χ4n) is 3.57. The zero-order valence-electron chi connectivity index (χ0n) is 17.7. The zero-order chi connectivity index (χ0) is 22.3. The number of hydrogen-bond donors (Lipinski definition) is 1. The molecule has 2 rings (SSSR count). The van der Waals surface area contributed by atoms with Crippen molar-refractivity contribution in [2.75, 3.05) is 20.1 Å². The van der Waals surface area contributed by atoms with Crippen molar-refractivity contribution < 1.29 is 27.5 Å². The molecule has 6 nitrogen and oxygen atoms in total. The number of hydrogen-bond acceptors (Lipinski definition) is 3. The van der Waals surface area contributed by atoms with Crippen LogP contribution in [-0.2, 0) is 11.3 Å². The molecular weight excluding hydrogens is 399 g/mol. The Labute approximate surface area is 175 Å². The third-order valence-electron chi connectivity index (χ3n) is 5.39. The van der Waals surface area contributed by atoms with E-state index in [1.807, 2.05) is 18.7 Å². The molecule has 9 heteroatoms.